The van der Waals surface area contributed by atoms with Crippen LogP contribution in [0.4, 0.5) is 5.69 Å². The summed E-state index contributed by atoms with van der Waals surface area (Å²) < 4.78 is 5.06. The molecule has 18 heavy (non-hydrogen) atoms. The lowest BCUT2D eigenvalue weighted by Crippen LogP contribution is -1.89. The molecule has 0 aliphatic heterocycles. The number of nitrogens with zero attached hydrogens (tertiary/aromatic N) is 1. The molecule has 0 aliphatic rings. The lowest BCUT2D eigenvalue weighted by Gasteiger charge is -1.98. The lowest BCUT2D eigenvalue weighted by molar-refractivity contribution is 0.568. The highest BCUT2D eigenvalue weighted by molar-refractivity contribution is 7.10. The molecule has 3 aromatic rings. The van der Waals surface area contributed by atoms with E-state index in [1.165, 1.54) is 5.56 Å². The molecule has 0 bridgehead atoms. The molecule has 0 aliphatic carbocycles. The zero-order valence-corrected chi connectivity index (χ0v) is 10.5. The third-order valence-corrected chi connectivity index (χ3v) is 3.55. The third kappa shape index (κ3) is 2.28. The van der Waals surface area contributed by atoms with Crippen LogP contribution in [0.1, 0.15) is 10.6 Å². The molecule has 3 rings (SSSR count). The van der Waals surface area contributed by atoms with Gasteiger partial charge in [-0.2, -0.15) is 0 Å². The van der Waals surface area contributed by atoms with Crippen LogP contribution >= 0.6 is 11.3 Å². The van der Waals surface area contributed by atoms with Gasteiger partial charge in [0.05, 0.1) is 23.2 Å². The van der Waals surface area contributed by atoms with Gasteiger partial charge in [0.2, 0.25) is 0 Å². The van der Waals surface area contributed by atoms with E-state index in [9.17, 15) is 0 Å². The summed E-state index contributed by atoms with van der Waals surface area (Å²) in [6.07, 6.45) is 4.21. The number of aromatic nitrogens is 1. The molecular weight excluding hydrogens is 244 g/mol. The molecule has 0 atom stereocenters. The smallest absolute Gasteiger partial charge is 0.0996 e. The van der Waals surface area contributed by atoms with E-state index in [2.05, 4.69) is 10.4 Å². The van der Waals surface area contributed by atoms with Crippen LogP contribution in [0.3, 0.4) is 0 Å². The summed E-state index contributed by atoms with van der Waals surface area (Å²) in [7, 11) is 0. The maximum Gasteiger partial charge on any atom is 0.0996 e. The summed E-state index contributed by atoms with van der Waals surface area (Å²) in [6.45, 7) is 0. The first-order chi connectivity index (χ1) is 8.81. The topological polar surface area (TPSA) is 52.0 Å². The van der Waals surface area contributed by atoms with Gasteiger partial charge in [0.15, 0.2) is 0 Å². The van der Waals surface area contributed by atoms with Crippen LogP contribution in [-0.4, -0.2) is 4.98 Å². The van der Waals surface area contributed by atoms with Crippen molar-refractivity contribution >= 4 is 17.0 Å². The van der Waals surface area contributed by atoms with Crippen LogP contribution < -0.4 is 5.73 Å². The van der Waals surface area contributed by atoms with Crippen LogP contribution in [0.25, 0.3) is 11.3 Å². The van der Waals surface area contributed by atoms with Crippen molar-refractivity contribution in [2.75, 3.05) is 5.73 Å². The molecule has 0 saturated heterocycles. The van der Waals surface area contributed by atoms with Gasteiger partial charge in [0, 0.05) is 23.1 Å². The molecule has 0 unspecified atom stereocenters. The van der Waals surface area contributed by atoms with Crippen LogP contribution in [0.15, 0.2) is 52.7 Å². The van der Waals surface area contributed by atoms with E-state index in [1.807, 2.05) is 30.3 Å². The number of hydrogen-bond acceptors (Lipinski definition) is 4. The van der Waals surface area contributed by atoms with Gasteiger partial charge in [-0.1, -0.05) is 12.1 Å². The van der Waals surface area contributed by atoms with Crippen LogP contribution in [0.2, 0.25) is 0 Å². The van der Waals surface area contributed by atoms with Crippen molar-refractivity contribution in [3.05, 3.63) is 58.8 Å². The molecular formula is C14H12N2OS. The number of anilines is 1. The fourth-order valence-corrected chi connectivity index (χ4v) is 2.58. The fourth-order valence-electron chi connectivity index (χ4n) is 1.74. The Morgan fingerprint density at radius 2 is 2.00 bits per heavy atom. The molecule has 0 fully saturated rings. The molecule has 2 aromatic heterocycles. The van der Waals surface area contributed by atoms with Gasteiger partial charge in [0.1, 0.15) is 0 Å². The van der Waals surface area contributed by atoms with Crippen molar-refractivity contribution in [2.45, 2.75) is 6.42 Å². The number of benzene rings is 1. The first-order valence-corrected chi connectivity index (χ1v) is 6.50. The predicted molar refractivity (Wildman–Crippen MR) is 73.5 cm³/mol. The normalized spacial score (nSPS) is 10.7. The highest BCUT2D eigenvalue weighted by atomic mass is 32.1. The van der Waals surface area contributed by atoms with Crippen LogP contribution in [-0.2, 0) is 6.42 Å². The molecule has 0 radical (unpaired) electrons. The number of rotatable bonds is 3. The van der Waals surface area contributed by atoms with Gasteiger partial charge in [-0.25, -0.2) is 4.98 Å². The van der Waals surface area contributed by atoms with Crippen molar-refractivity contribution < 1.29 is 4.42 Å². The largest absolute Gasteiger partial charge is 0.472 e. The Morgan fingerprint density at radius 1 is 1.17 bits per heavy atom. The number of furan rings is 1. The van der Waals surface area contributed by atoms with E-state index < -0.39 is 0 Å². The van der Waals surface area contributed by atoms with E-state index in [4.69, 9.17) is 10.2 Å². The Labute approximate surface area is 109 Å². The molecule has 90 valence electrons. The Kier molecular flexibility index (Phi) is 2.86. The predicted octanol–water partition coefficient (Wildman–Crippen LogP) is 3.58. The second kappa shape index (κ2) is 4.66. The molecule has 2 heterocycles. The summed E-state index contributed by atoms with van der Waals surface area (Å²) in [5, 5.41) is 3.15. The molecule has 4 heteroatoms. The Balaban J connectivity index is 1.80. The van der Waals surface area contributed by atoms with Crippen molar-refractivity contribution in [1.82, 2.24) is 4.98 Å². The molecule has 2 N–H and O–H groups in total. The first kappa shape index (κ1) is 11.0. The number of hydrogen-bond donors (Lipinski definition) is 1. The van der Waals surface area contributed by atoms with Gasteiger partial charge in [0.25, 0.3) is 0 Å². The molecule has 0 amide bonds. The van der Waals surface area contributed by atoms with Crippen LogP contribution in [0, 0.1) is 0 Å². The lowest BCUT2D eigenvalue weighted by atomic mass is 10.1. The van der Waals surface area contributed by atoms with Crippen molar-refractivity contribution in [2.24, 2.45) is 0 Å². The Hall–Kier alpha value is -2.07. The molecule has 1 aromatic carbocycles. The number of thiazole rings is 1. The van der Waals surface area contributed by atoms with E-state index in [-0.39, 0.29) is 0 Å². The maximum atomic E-state index is 5.66. The summed E-state index contributed by atoms with van der Waals surface area (Å²) in [6, 6.07) is 9.82. The number of nitrogen functional groups attached to an aromatic ring is 1. The number of nitrogens with two attached hydrogens (primary N) is 1. The molecule has 0 spiro atoms. The molecule has 3 nitrogen and oxygen atoms in total. The zero-order valence-electron chi connectivity index (χ0n) is 9.67. The quantitative estimate of drug-likeness (QED) is 0.729. The first-order valence-electron chi connectivity index (χ1n) is 5.62. The maximum absolute atomic E-state index is 5.66. The highest BCUT2D eigenvalue weighted by Crippen LogP contribution is 2.23. The fraction of sp³-hybridized carbons (Fsp3) is 0.0714. The van der Waals surface area contributed by atoms with E-state index >= 15 is 0 Å². The average Bonchev–Trinajstić information content (AvgIpc) is 3.02. The van der Waals surface area contributed by atoms with E-state index in [0.29, 0.717) is 0 Å². The van der Waals surface area contributed by atoms with Gasteiger partial charge >= 0.3 is 0 Å². The van der Waals surface area contributed by atoms with Gasteiger partial charge < -0.3 is 10.2 Å². The standard InChI is InChI=1S/C14H12N2OS/c15-12-3-1-10(2-4-12)7-14-16-13(9-18-14)11-5-6-17-8-11/h1-6,8-9H,7,15H2. The average molecular weight is 256 g/mol. The third-order valence-electron chi connectivity index (χ3n) is 2.70. The molecule has 0 saturated carbocycles. The van der Waals surface area contributed by atoms with E-state index in [1.54, 1.807) is 23.9 Å². The van der Waals surface area contributed by atoms with Gasteiger partial charge in [-0.15, -0.1) is 11.3 Å². The van der Waals surface area contributed by atoms with Crippen molar-refractivity contribution in [1.29, 1.82) is 0 Å². The van der Waals surface area contributed by atoms with E-state index in [0.717, 1.165) is 28.4 Å². The Morgan fingerprint density at radius 3 is 2.72 bits per heavy atom. The van der Waals surface area contributed by atoms with Crippen molar-refractivity contribution in [3.8, 4) is 11.3 Å². The summed E-state index contributed by atoms with van der Waals surface area (Å²) in [4.78, 5) is 4.60. The Bertz CT molecular complexity index is 626. The minimum atomic E-state index is 0.789. The minimum absolute atomic E-state index is 0.789. The van der Waals surface area contributed by atoms with Crippen LogP contribution in [0.5, 0.6) is 0 Å². The monoisotopic (exact) mass is 256 g/mol. The zero-order chi connectivity index (χ0) is 12.4. The second-order valence-corrected chi connectivity index (χ2v) is 5.00. The van der Waals surface area contributed by atoms with Crippen molar-refractivity contribution in [3.63, 3.8) is 0 Å². The van der Waals surface area contributed by atoms with Gasteiger partial charge in [-0.05, 0) is 23.8 Å². The highest BCUT2D eigenvalue weighted by Gasteiger charge is 2.06. The summed E-state index contributed by atoms with van der Waals surface area (Å²) in [5.41, 5.74) is 9.67. The summed E-state index contributed by atoms with van der Waals surface area (Å²) in [5.74, 6) is 0. The minimum Gasteiger partial charge on any atom is -0.472 e. The second-order valence-electron chi connectivity index (χ2n) is 4.06. The SMILES string of the molecule is Nc1ccc(Cc2nc(-c3ccoc3)cs2)cc1. The van der Waals surface area contributed by atoms with Gasteiger partial charge in [-0.3, -0.25) is 0 Å². The summed E-state index contributed by atoms with van der Waals surface area (Å²) >= 11 is 1.66.